The Morgan fingerprint density at radius 1 is 1.47 bits per heavy atom. The molecule has 0 aliphatic carbocycles. The maximum absolute atomic E-state index is 5.93. The number of aryl methyl sites for hydroxylation is 1. The van der Waals surface area contributed by atoms with Crippen molar-refractivity contribution in [2.75, 3.05) is 13.6 Å². The van der Waals surface area contributed by atoms with E-state index in [2.05, 4.69) is 50.9 Å². The quantitative estimate of drug-likeness (QED) is 0.825. The summed E-state index contributed by atoms with van der Waals surface area (Å²) >= 11 is 0. The van der Waals surface area contributed by atoms with Gasteiger partial charge in [-0.05, 0) is 34.2 Å². The lowest BCUT2D eigenvalue weighted by molar-refractivity contribution is 0.100. The van der Waals surface area contributed by atoms with Crippen LogP contribution in [0.25, 0.3) is 0 Å². The molecule has 0 fully saturated rings. The molecule has 2 N–H and O–H groups in total. The van der Waals surface area contributed by atoms with E-state index in [1.54, 1.807) is 0 Å². The zero-order valence-electron chi connectivity index (χ0n) is 11.8. The van der Waals surface area contributed by atoms with Crippen molar-refractivity contribution in [3.05, 3.63) is 18.0 Å². The average molecular weight is 238 g/mol. The highest BCUT2D eigenvalue weighted by molar-refractivity contribution is 5.12. The summed E-state index contributed by atoms with van der Waals surface area (Å²) in [7, 11) is 2.14. The Labute approximate surface area is 105 Å². The van der Waals surface area contributed by atoms with E-state index < -0.39 is 0 Å². The number of hydrogen-bond acceptors (Lipinski definition) is 3. The van der Waals surface area contributed by atoms with Crippen LogP contribution in [0.2, 0.25) is 0 Å². The summed E-state index contributed by atoms with van der Waals surface area (Å²) in [5.41, 5.74) is 7.29. The molecule has 0 spiro atoms. The third-order valence-corrected chi connectivity index (χ3v) is 3.87. The third kappa shape index (κ3) is 3.07. The van der Waals surface area contributed by atoms with Gasteiger partial charge in [-0.25, -0.2) is 0 Å². The van der Waals surface area contributed by atoms with Gasteiger partial charge in [0.25, 0.3) is 0 Å². The number of nitrogens with zero attached hydrogens (tertiary/aromatic N) is 3. The van der Waals surface area contributed by atoms with Crippen LogP contribution in [0.1, 0.15) is 45.7 Å². The summed E-state index contributed by atoms with van der Waals surface area (Å²) in [5.74, 6) is 0. The highest BCUT2D eigenvalue weighted by atomic mass is 15.3. The van der Waals surface area contributed by atoms with Crippen molar-refractivity contribution in [1.29, 1.82) is 0 Å². The molecule has 0 saturated carbocycles. The average Bonchev–Trinajstić information content (AvgIpc) is 2.78. The smallest absolute Gasteiger partial charge is 0.0538 e. The first kappa shape index (κ1) is 14.2. The van der Waals surface area contributed by atoms with Crippen molar-refractivity contribution in [2.24, 2.45) is 5.73 Å². The van der Waals surface area contributed by atoms with E-state index in [1.165, 1.54) is 5.56 Å². The highest BCUT2D eigenvalue weighted by Gasteiger charge is 2.28. The lowest BCUT2D eigenvalue weighted by Gasteiger charge is -2.40. The maximum Gasteiger partial charge on any atom is 0.0538 e. The number of rotatable bonds is 6. The summed E-state index contributed by atoms with van der Waals surface area (Å²) in [4.78, 5) is 2.35. The van der Waals surface area contributed by atoms with Crippen molar-refractivity contribution in [1.82, 2.24) is 14.7 Å². The molecule has 1 atom stereocenters. The number of hydrogen-bond donors (Lipinski definition) is 1. The van der Waals surface area contributed by atoms with E-state index in [1.807, 2.05) is 10.9 Å². The summed E-state index contributed by atoms with van der Waals surface area (Å²) in [6.07, 6.45) is 5.13. The normalized spacial score (nSPS) is 14.3. The van der Waals surface area contributed by atoms with Gasteiger partial charge < -0.3 is 5.73 Å². The minimum Gasteiger partial charge on any atom is -0.329 e. The van der Waals surface area contributed by atoms with Crippen LogP contribution < -0.4 is 5.73 Å². The first-order chi connectivity index (χ1) is 7.96. The minimum absolute atomic E-state index is 0.151. The Balaban J connectivity index is 2.91. The zero-order valence-corrected chi connectivity index (χ0v) is 11.8. The Kier molecular flexibility index (Phi) is 4.71. The van der Waals surface area contributed by atoms with Crippen LogP contribution in [0, 0.1) is 0 Å². The van der Waals surface area contributed by atoms with Crippen LogP contribution in [0.15, 0.2) is 12.4 Å². The summed E-state index contributed by atoms with van der Waals surface area (Å²) in [6, 6.07) is 0.241. The molecule has 1 rings (SSSR count). The molecule has 0 radical (unpaired) electrons. The zero-order chi connectivity index (χ0) is 13.1. The molecule has 1 heterocycles. The van der Waals surface area contributed by atoms with Gasteiger partial charge in [-0.3, -0.25) is 9.58 Å². The van der Waals surface area contributed by atoms with Crippen molar-refractivity contribution in [2.45, 2.75) is 52.2 Å². The first-order valence-electron chi connectivity index (χ1n) is 6.41. The molecule has 0 aliphatic heterocycles. The van der Waals surface area contributed by atoms with E-state index in [9.17, 15) is 0 Å². The van der Waals surface area contributed by atoms with Gasteiger partial charge in [0.05, 0.1) is 12.2 Å². The van der Waals surface area contributed by atoms with E-state index in [4.69, 9.17) is 5.73 Å². The third-order valence-electron chi connectivity index (χ3n) is 3.87. The molecule has 0 aliphatic rings. The second-order valence-electron chi connectivity index (χ2n) is 5.16. The predicted octanol–water partition coefficient (Wildman–Crippen LogP) is 2.02. The SMILES string of the molecule is CCn1cc(C(CN)N(C)C(C)(C)CC)cn1. The second-order valence-corrected chi connectivity index (χ2v) is 5.16. The molecule has 1 unspecified atom stereocenters. The van der Waals surface area contributed by atoms with Gasteiger partial charge in [-0.2, -0.15) is 5.10 Å². The molecule has 4 nitrogen and oxygen atoms in total. The lowest BCUT2D eigenvalue weighted by Crippen LogP contribution is -2.45. The molecular weight excluding hydrogens is 212 g/mol. The highest BCUT2D eigenvalue weighted by Crippen LogP contribution is 2.27. The van der Waals surface area contributed by atoms with E-state index >= 15 is 0 Å². The fourth-order valence-electron chi connectivity index (χ4n) is 1.91. The predicted molar refractivity (Wildman–Crippen MR) is 71.8 cm³/mol. The maximum atomic E-state index is 5.93. The molecule has 1 aromatic rings. The van der Waals surface area contributed by atoms with Crippen LogP contribution in [0.5, 0.6) is 0 Å². The van der Waals surface area contributed by atoms with E-state index in [-0.39, 0.29) is 11.6 Å². The topological polar surface area (TPSA) is 47.1 Å². The Hall–Kier alpha value is -0.870. The van der Waals surface area contributed by atoms with Crippen molar-refractivity contribution in [3.8, 4) is 0 Å². The fraction of sp³-hybridized carbons (Fsp3) is 0.769. The van der Waals surface area contributed by atoms with E-state index in [0.717, 1.165) is 13.0 Å². The molecular formula is C13H26N4. The largest absolute Gasteiger partial charge is 0.329 e. The summed E-state index contributed by atoms with van der Waals surface area (Å²) in [6.45, 7) is 10.3. The molecule has 0 aromatic carbocycles. The van der Waals surface area contributed by atoms with Crippen molar-refractivity contribution < 1.29 is 0 Å². The van der Waals surface area contributed by atoms with Crippen LogP contribution in [0.4, 0.5) is 0 Å². The first-order valence-corrected chi connectivity index (χ1v) is 6.41. The minimum atomic E-state index is 0.151. The molecule has 1 aromatic heterocycles. The number of aromatic nitrogens is 2. The summed E-state index contributed by atoms with van der Waals surface area (Å²) in [5, 5.41) is 4.33. The van der Waals surface area contributed by atoms with E-state index in [0.29, 0.717) is 6.54 Å². The van der Waals surface area contributed by atoms with Crippen LogP contribution >= 0.6 is 0 Å². The summed E-state index contributed by atoms with van der Waals surface area (Å²) < 4.78 is 1.95. The standard InChI is InChI=1S/C13H26N4/c1-6-13(3,4)16(5)12(8-14)11-9-15-17(7-2)10-11/h9-10,12H,6-8,14H2,1-5H3. The van der Waals surface area contributed by atoms with Crippen LogP contribution in [-0.2, 0) is 6.54 Å². The molecule has 0 amide bonds. The second kappa shape index (κ2) is 5.65. The van der Waals surface area contributed by atoms with Gasteiger partial charge in [-0.15, -0.1) is 0 Å². The van der Waals surface area contributed by atoms with Crippen molar-refractivity contribution >= 4 is 0 Å². The Morgan fingerprint density at radius 2 is 2.12 bits per heavy atom. The number of likely N-dealkylation sites (N-methyl/N-ethyl adjacent to an activating group) is 1. The van der Waals surface area contributed by atoms with Crippen LogP contribution in [-0.4, -0.2) is 33.8 Å². The molecule has 4 heteroatoms. The lowest BCUT2D eigenvalue weighted by atomic mass is 9.96. The van der Waals surface area contributed by atoms with Crippen molar-refractivity contribution in [3.63, 3.8) is 0 Å². The Morgan fingerprint density at radius 3 is 2.53 bits per heavy atom. The molecule has 98 valence electrons. The van der Waals surface area contributed by atoms with Gasteiger partial charge in [-0.1, -0.05) is 6.92 Å². The molecule has 17 heavy (non-hydrogen) atoms. The van der Waals surface area contributed by atoms with Gasteiger partial charge in [0.1, 0.15) is 0 Å². The van der Waals surface area contributed by atoms with Gasteiger partial charge in [0, 0.05) is 30.4 Å². The monoisotopic (exact) mass is 238 g/mol. The van der Waals surface area contributed by atoms with Crippen LogP contribution in [0.3, 0.4) is 0 Å². The Bertz CT molecular complexity index is 343. The van der Waals surface area contributed by atoms with Gasteiger partial charge in [0.2, 0.25) is 0 Å². The molecule has 0 bridgehead atoms. The number of nitrogens with two attached hydrogens (primary N) is 1. The molecule has 0 saturated heterocycles. The van der Waals surface area contributed by atoms with Gasteiger partial charge in [0.15, 0.2) is 0 Å². The fourth-order valence-corrected chi connectivity index (χ4v) is 1.91. The van der Waals surface area contributed by atoms with Gasteiger partial charge >= 0.3 is 0 Å².